The molecular weight excluding hydrogens is 412 g/mol. The van der Waals surface area contributed by atoms with Crippen LogP contribution in [0.5, 0.6) is 17.2 Å². The van der Waals surface area contributed by atoms with Gasteiger partial charge in [0, 0.05) is 0 Å². The van der Waals surface area contributed by atoms with Crippen LogP contribution in [0.25, 0.3) is 6.08 Å². The number of primary amides is 1. The minimum absolute atomic E-state index is 0.238. The molecule has 2 aromatic carbocycles. The molecule has 0 spiro atoms. The first-order valence-electron chi connectivity index (χ1n) is 8.44. The van der Waals surface area contributed by atoms with Crippen LogP contribution in [0.3, 0.4) is 0 Å². The monoisotopic (exact) mass is 430 g/mol. The molecule has 0 unspecified atom stereocenters. The third-order valence-corrected chi connectivity index (χ3v) is 5.28. The first kappa shape index (κ1) is 20.7. The summed E-state index contributed by atoms with van der Waals surface area (Å²) in [4.78, 5) is 25.8. The van der Waals surface area contributed by atoms with Crippen LogP contribution in [0.1, 0.15) is 5.56 Å². The number of benzene rings is 2. The van der Waals surface area contributed by atoms with Gasteiger partial charge in [0.25, 0.3) is 11.8 Å². The highest BCUT2D eigenvalue weighted by Crippen LogP contribution is 2.40. The normalized spacial score (nSPS) is 15.0. The van der Waals surface area contributed by atoms with Gasteiger partial charge in [-0.15, -0.1) is 0 Å². The number of carbonyl (C=O) groups is 2. The lowest BCUT2D eigenvalue weighted by Gasteiger charge is -2.17. The predicted octanol–water partition coefficient (Wildman–Crippen LogP) is 2.97. The highest BCUT2D eigenvalue weighted by atomic mass is 32.2. The van der Waals surface area contributed by atoms with Gasteiger partial charge in [-0.3, -0.25) is 14.5 Å². The molecule has 2 aromatic rings. The second-order valence-corrected chi connectivity index (χ2v) is 7.53. The number of para-hydroxylation sites is 2. The van der Waals surface area contributed by atoms with Crippen LogP contribution in [0.4, 0.5) is 5.69 Å². The predicted molar refractivity (Wildman–Crippen MR) is 116 cm³/mol. The first-order chi connectivity index (χ1) is 13.9. The Morgan fingerprint density at radius 3 is 2.55 bits per heavy atom. The number of amides is 2. The van der Waals surface area contributed by atoms with Gasteiger partial charge in [-0.05, 0) is 35.9 Å². The summed E-state index contributed by atoms with van der Waals surface area (Å²) in [6.45, 7) is -0.257. The Balaban J connectivity index is 1.88. The Morgan fingerprint density at radius 2 is 1.86 bits per heavy atom. The van der Waals surface area contributed by atoms with Gasteiger partial charge in [-0.1, -0.05) is 42.2 Å². The molecule has 1 heterocycles. The largest absolute Gasteiger partial charge is 0.495 e. The fourth-order valence-corrected chi connectivity index (χ4v) is 3.97. The van der Waals surface area contributed by atoms with Crippen LogP contribution in [-0.4, -0.2) is 37.0 Å². The van der Waals surface area contributed by atoms with Crippen molar-refractivity contribution in [1.29, 1.82) is 0 Å². The molecule has 0 radical (unpaired) electrons. The van der Waals surface area contributed by atoms with E-state index in [0.717, 1.165) is 0 Å². The Labute approximate surface area is 177 Å². The van der Waals surface area contributed by atoms with E-state index in [1.54, 1.807) is 43.5 Å². The fraction of sp³-hybridized carbons (Fsp3) is 0.150. The van der Waals surface area contributed by atoms with E-state index in [1.807, 2.05) is 12.1 Å². The van der Waals surface area contributed by atoms with Crippen molar-refractivity contribution in [3.05, 3.63) is 52.9 Å². The Kier molecular flexibility index (Phi) is 6.40. The molecule has 3 rings (SSSR count). The average Bonchev–Trinajstić information content (AvgIpc) is 2.99. The number of ether oxygens (including phenoxy) is 3. The molecular formula is C20H18N2O5S2. The van der Waals surface area contributed by atoms with Crippen molar-refractivity contribution in [3.63, 3.8) is 0 Å². The maximum absolute atomic E-state index is 13.0. The summed E-state index contributed by atoms with van der Waals surface area (Å²) < 4.78 is 16.4. The van der Waals surface area contributed by atoms with E-state index in [-0.39, 0.29) is 12.5 Å². The molecule has 9 heteroatoms. The molecule has 1 fully saturated rings. The van der Waals surface area contributed by atoms with Crippen molar-refractivity contribution in [2.75, 3.05) is 25.7 Å². The topological polar surface area (TPSA) is 91.1 Å². The third-order valence-electron chi connectivity index (χ3n) is 3.98. The SMILES string of the molecule is COc1cc(C=C2SC(=S)N(c3ccccc3OC)C2=O)ccc1OCC(N)=O. The van der Waals surface area contributed by atoms with Gasteiger partial charge < -0.3 is 19.9 Å². The molecule has 2 amide bonds. The second kappa shape index (κ2) is 8.97. The van der Waals surface area contributed by atoms with E-state index in [4.69, 9.17) is 32.2 Å². The van der Waals surface area contributed by atoms with Gasteiger partial charge in [-0.2, -0.15) is 0 Å². The van der Waals surface area contributed by atoms with Gasteiger partial charge >= 0.3 is 0 Å². The summed E-state index contributed by atoms with van der Waals surface area (Å²) in [6.07, 6.45) is 1.72. The zero-order chi connectivity index (χ0) is 21.0. The number of methoxy groups -OCH3 is 2. The van der Waals surface area contributed by atoms with E-state index in [1.165, 1.54) is 23.8 Å². The maximum Gasteiger partial charge on any atom is 0.270 e. The zero-order valence-electron chi connectivity index (χ0n) is 15.7. The zero-order valence-corrected chi connectivity index (χ0v) is 17.3. The standard InChI is InChI=1S/C20H18N2O5S2/c1-25-14-6-4-3-5-13(14)22-19(24)17(29-20(22)28)10-12-7-8-15(16(9-12)26-2)27-11-18(21)23/h3-10H,11H2,1-2H3,(H2,21,23). The lowest BCUT2D eigenvalue weighted by Crippen LogP contribution is -2.27. The van der Waals surface area contributed by atoms with Gasteiger partial charge in [0.2, 0.25) is 0 Å². The van der Waals surface area contributed by atoms with Gasteiger partial charge in [0.15, 0.2) is 22.4 Å². The molecule has 0 aliphatic carbocycles. The lowest BCUT2D eigenvalue weighted by atomic mass is 10.1. The smallest absolute Gasteiger partial charge is 0.270 e. The Bertz CT molecular complexity index is 1010. The molecule has 7 nitrogen and oxygen atoms in total. The molecule has 1 aliphatic rings. The lowest BCUT2D eigenvalue weighted by molar-refractivity contribution is -0.120. The second-order valence-electron chi connectivity index (χ2n) is 5.85. The van der Waals surface area contributed by atoms with Gasteiger partial charge in [0.05, 0.1) is 24.8 Å². The Morgan fingerprint density at radius 1 is 1.14 bits per heavy atom. The molecule has 1 saturated heterocycles. The van der Waals surface area contributed by atoms with Crippen molar-refractivity contribution in [2.24, 2.45) is 5.73 Å². The van der Waals surface area contributed by atoms with Gasteiger partial charge in [-0.25, -0.2) is 0 Å². The van der Waals surface area contributed by atoms with Crippen molar-refractivity contribution < 1.29 is 23.8 Å². The number of nitrogens with two attached hydrogens (primary N) is 1. The van der Waals surface area contributed by atoms with Crippen LogP contribution in [-0.2, 0) is 9.59 Å². The number of nitrogens with zero attached hydrogens (tertiary/aromatic N) is 1. The maximum atomic E-state index is 13.0. The van der Waals surface area contributed by atoms with E-state index in [9.17, 15) is 9.59 Å². The van der Waals surface area contributed by atoms with Crippen LogP contribution in [0, 0.1) is 0 Å². The minimum atomic E-state index is -0.587. The van der Waals surface area contributed by atoms with E-state index in [0.29, 0.717) is 37.7 Å². The van der Waals surface area contributed by atoms with Crippen LogP contribution in [0.15, 0.2) is 47.4 Å². The molecule has 0 atom stereocenters. The number of thiocarbonyl (C=S) groups is 1. The average molecular weight is 431 g/mol. The number of thioether (sulfide) groups is 1. The van der Waals surface area contributed by atoms with E-state index >= 15 is 0 Å². The van der Waals surface area contributed by atoms with Crippen LogP contribution >= 0.6 is 24.0 Å². The molecule has 0 saturated carbocycles. The van der Waals surface area contributed by atoms with Crippen molar-refractivity contribution in [3.8, 4) is 17.2 Å². The molecule has 29 heavy (non-hydrogen) atoms. The van der Waals surface area contributed by atoms with Crippen molar-refractivity contribution in [2.45, 2.75) is 0 Å². The summed E-state index contributed by atoms with van der Waals surface area (Å²) in [7, 11) is 3.03. The molecule has 1 aliphatic heterocycles. The summed E-state index contributed by atoms with van der Waals surface area (Å²) in [5, 5.41) is 0. The van der Waals surface area contributed by atoms with Crippen LogP contribution in [0.2, 0.25) is 0 Å². The highest BCUT2D eigenvalue weighted by molar-refractivity contribution is 8.27. The summed E-state index contributed by atoms with van der Waals surface area (Å²) in [5.41, 5.74) is 6.41. The molecule has 0 aromatic heterocycles. The summed E-state index contributed by atoms with van der Waals surface area (Å²) in [5.74, 6) is 0.529. The highest BCUT2D eigenvalue weighted by Gasteiger charge is 2.34. The molecule has 2 N–H and O–H groups in total. The van der Waals surface area contributed by atoms with Gasteiger partial charge in [0.1, 0.15) is 5.75 Å². The van der Waals surface area contributed by atoms with Crippen LogP contribution < -0.4 is 24.8 Å². The fourth-order valence-electron chi connectivity index (χ4n) is 2.68. The number of hydrogen-bond acceptors (Lipinski definition) is 7. The molecule has 0 bridgehead atoms. The first-order valence-corrected chi connectivity index (χ1v) is 9.67. The van der Waals surface area contributed by atoms with E-state index in [2.05, 4.69) is 0 Å². The molecule has 150 valence electrons. The summed E-state index contributed by atoms with van der Waals surface area (Å²) in [6, 6.07) is 12.3. The minimum Gasteiger partial charge on any atom is -0.495 e. The number of carbonyl (C=O) groups excluding carboxylic acids is 2. The van der Waals surface area contributed by atoms with Crippen molar-refractivity contribution >= 4 is 51.9 Å². The Hall–Kier alpha value is -3.04. The quantitative estimate of drug-likeness (QED) is 0.533. The van der Waals surface area contributed by atoms with Crippen molar-refractivity contribution in [1.82, 2.24) is 0 Å². The number of rotatable bonds is 7. The number of anilines is 1. The number of hydrogen-bond donors (Lipinski definition) is 1. The van der Waals surface area contributed by atoms with E-state index < -0.39 is 5.91 Å². The summed E-state index contributed by atoms with van der Waals surface area (Å²) >= 11 is 6.61. The third kappa shape index (κ3) is 4.52.